The summed E-state index contributed by atoms with van der Waals surface area (Å²) < 4.78 is 9.49. The summed E-state index contributed by atoms with van der Waals surface area (Å²) in [6, 6.07) is 4.66. The van der Waals surface area contributed by atoms with Crippen molar-refractivity contribution in [3.8, 4) is 0 Å². The molecule has 0 atom stereocenters. The van der Waals surface area contributed by atoms with E-state index in [9.17, 15) is 10.1 Å². The van der Waals surface area contributed by atoms with Gasteiger partial charge in [0.2, 0.25) is 0 Å². The van der Waals surface area contributed by atoms with Gasteiger partial charge in [0.15, 0.2) is 0 Å². The van der Waals surface area contributed by atoms with Gasteiger partial charge in [-0.25, -0.2) is 4.79 Å². The molecular weight excluding hydrogens is 328 g/mol. The van der Waals surface area contributed by atoms with Crippen LogP contribution in [-0.2, 0) is 14.1 Å². The molecule has 1 fully saturated rings. The first-order chi connectivity index (χ1) is 10.7. The molecule has 5 nitrogen and oxygen atoms in total. The van der Waals surface area contributed by atoms with Crippen molar-refractivity contribution in [3.05, 3.63) is 28.8 Å². The van der Waals surface area contributed by atoms with Gasteiger partial charge in [0.1, 0.15) is 0 Å². The zero-order valence-corrected chi connectivity index (χ0v) is 13.7. The van der Waals surface area contributed by atoms with E-state index >= 15 is 0 Å². The standard InChI is InChI=1S/C15H19ClO5S/c16-14-10-12(22-21-20-18)6-7-13(14)15(17)19-9-8-11-4-2-1-3-5-11/h6-7,10-11,18H,1-5,8-9H2/p-1. The molecule has 0 N–H and O–H groups in total. The molecule has 0 aromatic heterocycles. The van der Waals surface area contributed by atoms with Gasteiger partial charge in [-0.15, -0.1) is 0 Å². The largest absolute Gasteiger partial charge is 0.691 e. The molecule has 0 heterocycles. The lowest BCUT2D eigenvalue weighted by atomic mass is 9.87. The molecule has 1 aromatic rings. The molecule has 1 aromatic carbocycles. The molecular formula is C15H18ClO5S-. The van der Waals surface area contributed by atoms with Crippen LogP contribution >= 0.6 is 23.6 Å². The fourth-order valence-corrected chi connectivity index (χ4v) is 3.36. The highest BCUT2D eigenvalue weighted by Crippen LogP contribution is 2.28. The molecule has 0 bridgehead atoms. The van der Waals surface area contributed by atoms with E-state index in [1.807, 2.05) is 0 Å². The maximum atomic E-state index is 12.0. The number of carbonyl (C=O) groups excluding carboxylic acids is 1. The first kappa shape index (κ1) is 17.6. The van der Waals surface area contributed by atoms with E-state index in [-0.39, 0.29) is 5.02 Å². The van der Waals surface area contributed by atoms with Crippen molar-refractivity contribution in [2.24, 2.45) is 5.92 Å². The summed E-state index contributed by atoms with van der Waals surface area (Å²) >= 11 is 6.76. The zero-order valence-electron chi connectivity index (χ0n) is 12.1. The van der Waals surface area contributed by atoms with Gasteiger partial charge in [0.25, 0.3) is 0 Å². The number of carbonyl (C=O) groups is 1. The van der Waals surface area contributed by atoms with E-state index < -0.39 is 5.97 Å². The van der Waals surface area contributed by atoms with Crippen LogP contribution in [0.1, 0.15) is 48.9 Å². The van der Waals surface area contributed by atoms with E-state index in [2.05, 4.69) is 9.37 Å². The third-order valence-electron chi connectivity index (χ3n) is 3.80. The Hall–Kier alpha value is -0.790. The Labute approximate surface area is 139 Å². The van der Waals surface area contributed by atoms with E-state index in [1.165, 1.54) is 38.2 Å². The second kappa shape index (κ2) is 9.37. The van der Waals surface area contributed by atoms with Crippen LogP contribution in [0, 0.1) is 5.92 Å². The van der Waals surface area contributed by atoms with Gasteiger partial charge in [-0.05, 0) is 30.5 Å². The van der Waals surface area contributed by atoms with E-state index in [4.69, 9.17) is 16.3 Å². The minimum atomic E-state index is -0.432. The highest BCUT2D eigenvalue weighted by Gasteiger charge is 2.16. The molecule has 0 saturated heterocycles. The Balaban J connectivity index is 1.81. The van der Waals surface area contributed by atoms with Gasteiger partial charge in [-0.3, -0.25) is 5.04 Å². The fraction of sp³-hybridized carbons (Fsp3) is 0.533. The molecule has 0 unspecified atom stereocenters. The summed E-state index contributed by atoms with van der Waals surface area (Å²) in [6.07, 6.45) is 7.23. The number of hydrogen-bond donors (Lipinski definition) is 0. The molecule has 0 spiro atoms. The molecule has 122 valence electrons. The second-order valence-electron chi connectivity index (χ2n) is 5.29. The lowest BCUT2D eigenvalue weighted by Gasteiger charge is -2.21. The van der Waals surface area contributed by atoms with Gasteiger partial charge in [-0.1, -0.05) is 43.7 Å². The third kappa shape index (κ3) is 5.44. The molecule has 0 amide bonds. The van der Waals surface area contributed by atoms with Crippen molar-refractivity contribution in [1.82, 2.24) is 0 Å². The van der Waals surface area contributed by atoms with Crippen molar-refractivity contribution in [1.29, 1.82) is 0 Å². The summed E-state index contributed by atoms with van der Waals surface area (Å²) in [6.45, 7) is 0.420. The monoisotopic (exact) mass is 345 g/mol. The predicted molar refractivity (Wildman–Crippen MR) is 81.0 cm³/mol. The Morgan fingerprint density at radius 3 is 2.77 bits per heavy atom. The summed E-state index contributed by atoms with van der Waals surface area (Å²) in [5.74, 6) is 0.235. The maximum Gasteiger partial charge on any atom is 0.339 e. The topological polar surface area (TPSA) is 67.8 Å². The average Bonchev–Trinajstić information content (AvgIpc) is 2.54. The minimum Gasteiger partial charge on any atom is -0.691 e. The van der Waals surface area contributed by atoms with Crippen LogP contribution in [0.15, 0.2) is 23.1 Å². The van der Waals surface area contributed by atoms with Crippen LogP contribution in [0.3, 0.4) is 0 Å². The van der Waals surface area contributed by atoms with Crippen LogP contribution < -0.4 is 5.26 Å². The minimum absolute atomic E-state index is 0.252. The number of esters is 1. The Bertz CT molecular complexity index is 491. The number of rotatable bonds is 7. The quantitative estimate of drug-likeness (QED) is 0.325. The molecule has 2 rings (SSSR count). The van der Waals surface area contributed by atoms with E-state index in [0.29, 0.717) is 23.0 Å². The lowest BCUT2D eigenvalue weighted by Crippen LogP contribution is -2.13. The lowest BCUT2D eigenvalue weighted by molar-refractivity contribution is -0.777. The average molecular weight is 346 g/mol. The van der Waals surface area contributed by atoms with Crippen LogP contribution in [-0.4, -0.2) is 12.6 Å². The second-order valence-corrected chi connectivity index (χ2v) is 6.47. The Morgan fingerprint density at radius 2 is 2.09 bits per heavy atom. The Morgan fingerprint density at radius 1 is 1.32 bits per heavy atom. The van der Waals surface area contributed by atoms with Crippen molar-refractivity contribution >= 4 is 29.6 Å². The number of ether oxygens (including phenoxy) is 1. The molecule has 0 radical (unpaired) electrons. The van der Waals surface area contributed by atoms with Gasteiger partial charge >= 0.3 is 5.97 Å². The van der Waals surface area contributed by atoms with Gasteiger partial charge in [-0.2, -0.15) is 4.33 Å². The van der Waals surface area contributed by atoms with Gasteiger partial charge in [0.05, 0.1) is 29.2 Å². The fourth-order valence-electron chi connectivity index (χ4n) is 2.64. The smallest absolute Gasteiger partial charge is 0.339 e. The number of hydrogen-bond acceptors (Lipinski definition) is 6. The first-order valence-electron chi connectivity index (χ1n) is 7.30. The maximum absolute atomic E-state index is 12.0. The van der Waals surface area contributed by atoms with Gasteiger partial charge < -0.3 is 9.99 Å². The molecule has 1 aliphatic rings. The van der Waals surface area contributed by atoms with E-state index in [1.54, 1.807) is 12.1 Å². The summed E-state index contributed by atoms with van der Waals surface area (Å²) in [4.78, 5) is 12.6. The van der Waals surface area contributed by atoms with Crippen molar-refractivity contribution < 1.29 is 24.2 Å². The van der Waals surface area contributed by atoms with Crippen LogP contribution in [0.25, 0.3) is 0 Å². The van der Waals surface area contributed by atoms with Crippen LogP contribution in [0.2, 0.25) is 5.02 Å². The van der Waals surface area contributed by atoms with Crippen molar-refractivity contribution in [2.75, 3.05) is 6.61 Å². The highest BCUT2D eigenvalue weighted by molar-refractivity contribution is 7.94. The third-order valence-corrected chi connectivity index (χ3v) is 4.69. The number of benzene rings is 1. The SMILES string of the molecule is O=C(OCCC1CCCCC1)c1ccc(SOO[O-])cc1Cl. The molecule has 1 saturated carbocycles. The summed E-state index contributed by atoms with van der Waals surface area (Å²) in [7, 11) is 0. The number of halogens is 1. The molecule has 22 heavy (non-hydrogen) atoms. The molecule has 1 aliphatic carbocycles. The first-order valence-corrected chi connectivity index (χ1v) is 8.42. The van der Waals surface area contributed by atoms with Crippen LogP contribution in [0.5, 0.6) is 0 Å². The zero-order chi connectivity index (χ0) is 15.8. The van der Waals surface area contributed by atoms with E-state index in [0.717, 1.165) is 18.5 Å². The van der Waals surface area contributed by atoms with Gasteiger partial charge in [0, 0.05) is 4.90 Å². The Kier molecular flexibility index (Phi) is 7.48. The summed E-state index contributed by atoms with van der Waals surface area (Å²) in [5.41, 5.74) is 0.303. The molecule has 0 aliphatic heterocycles. The van der Waals surface area contributed by atoms with Crippen molar-refractivity contribution in [3.63, 3.8) is 0 Å². The normalized spacial score (nSPS) is 15.7. The van der Waals surface area contributed by atoms with Crippen molar-refractivity contribution in [2.45, 2.75) is 43.4 Å². The highest BCUT2D eigenvalue weighted by atomic mass is 35.5. The predicted octanol–water partition coefficient (Wildman–Crippen LogP) is 3.70. The van der Waals surface area contributed by atoms with Crippen LogP contribution in [0.4, 0.5) is 0 Å². The summed E-state index contributed by atoms with van der Waals surface area (Å²) in [5, 5.41) is 13.3. The molecule has 7 heteroatoms.